The second-order valence-corrected chi connectivity index (χ2v) is 5.23. The lowest BCUT2D eigenvalue weighted by molar-refractivity contribution is -0.148. The number of hydrogen-bond acceptors (Lipinski definition) is 3. The van der Waals surface area contributed by atoms with Gasteiger partial charge in [-0.2, -0.15) is 0 Å². The van der Waals surface area contributed by atoms with Gasteiger partial charge >= 0.3 is 0 Å². The predicted molar refractivity (Wildman–Crippen MR) is 71.3 cm³/mol. The van der Waals surface area contributed by atoms with E-state index in [4.69, 9.17) is 21.1 Å². The lowest BCUT2D eigenvalue weighted by atomic mass is 9.74. The molecule has 0 aromatic heterocycles. The maximum absolute atomic E-state index is 10.4. The van der Waals surface area contributed by atoms with Crippen molar-refractivity contribution >= 4 is 11.6 Å². The van der Waals surface area contributed by atoms with Crippen molar-refractivity contribution in [1.29, 1.82) is 0 Å². The van der Waals surface area contributed by atoms with Crippen molar-refractivity contribution in [3.8, 4) is 5.75 Å². The van der Waals surface area contributed by atoms with Crippen molar-refractivity contribution < 1.29 is 14.6 Å². The zero-order valence-corrected chi connectivity index (χ0v) is 11.5. The lowest BCUT2D eigenvalue weighted by Gasteiger charge is -2.44. The Morgan fingerprint density at radius 2 is 2.11 bits per heavy atom. The molecule has 1 saturated carbocycles. The Morgan fingerprint density at radius 3 is 2.61 bits per heavy atom. The summed E-state index contributed by atoms with van der Waals surface area (Å²) < 4.78 is 10.8. The smallest absolute Gasteiger partial charge is 0.122 e. The third kappa shape index (κ3) is 2.48. The van der Waals surface area contributed by atoms with Crippen molar-refractivity contribution in [2.45, 2.75) is 37.4 Å². The average Bonchev–Trinajstić information content (AvgIpc) is 2.28. The number of aliphatic hydroxyl groups is 1. The largest absolute Gasteiger partial charge is 0.496 e. The molecule has 1 fully saturated rings. The highest BCUT2D eigenvalue weighted by molar-refractivity contribution is 6.30. The lowest BCUT2D eigenvalue weighted by Crippen LogP contribution is -2.50. The molecule has 1 unspecified atom stereocenters. The van der Waals surface area contributed by atoms with Gasteiger partial charge < -0.3 is 14.6 Å². The van der Waals surface area contributed by atoms with Gasteiger partial charge in [-0.3, -0.25) is 0 Å². The van der Waals surface area contributed by atoms with Gasteiger partial charge in [-0.1, -0.05) is 11.6 Å². The van der Waals surface area contributed by atoms with Crippen molar-refractivity contribution in [3.05, 3.63) is 28.8 Å². The van der Waals surface area contributed by atoms with Crippen molar-refractivity contribution in [3.63, 3.8) is 0 Å². The molecule has 0 spiro atoms. The molecule has 0 radical (unpaired) electrons. The van der Waals surface area contributed by atoms with Crippen LogP contribution in [-0.2, 0) is 11.2 Å². The average molecular weight is 271 g/mol. The molecule has 2 rings (SSSR count). The first-order valence-electron chi connectivity index (χ1n) is 6.17. The number of methoxy groups -OCH3 is 2. The summed E-state index contributed by atoms with van der Waals surface area (Å²) in [5.41, 5.74) is 0.536. The fourth-order valence-corrected chi connectivity index (χ4v) is 2.69. The van der Waals surface area contributed by atoms with Crippen LogP contribution in [0.5, 0.6) is 5.75 Å². The van der Waals surface area contributed by atoms with Crippen LogP contribution in [0.15, 0.2) is 18.2 Å². The molecule has 0 bridgehead atoms. The maximum atomic E-state index is 10.4. The van der Waals surface area contributed by atoms with E-state index in [1.165, 1.54) is 0 Å². The third-order valence-electron chi connectivity index (χ3n) is 3.87. The van der Waals surface area contributed by atoms with E-state index in [1.54, 1.807) is 20.3 Å². The van der Waals surface area contributed by atoms with Gasteiger partial charge in [0.25, 0.3) is 0 Å². The standard InChI is InChI=1S/C14H19ClO3/c1-17-12-5-4-11(15)8-10(12)9-13(16)14(18-2)6-3-7-14/h4-5,8,13,16H,3,6-7,9H2,1-2H3. The van der Waals surface area contributed by atoms with Crippen LogP contribution < -0.4 is 4.74 Å². The number of hydrogen-bond donors (Lipinski definition) is 1. The zero-order valence-electron chi connectivity index (χ0n) is 10.8. The van der Waals surface area contributed by atoms with Crippen LogP contribution in [-0.4, -0.2) is 31.0 Å². The Morgan fingerprint density at radius 1 is 1.39 bits per heavy atom. The maximum Gasteiger partial charge on any atom is 0.122 e. The SMILES string of the molecule is COc1ccc(Cl)cc1CC(O)C1(OC)CCC1. The van der Waals surface area contributed by atoms with Crippen LogP contribution in [0.4, 0.5) is 0 Å². The summed E-state index contributed by atoms with van der Waals surface area (Å²) in [6.45, 7) is 0. The minimum absolute atomic E-state index is 0.382. The summed E-state index contributed by atoms with van der Waals surface area (Å²) >= 11 is 5.98. The summed E-state index contributed by atoms with van der Waals surface area (Å²) in [7, 11) is 3.28. The molecule has 1 atom stereocenters. The van der Waals surface area contributed by atoms with Gasteiger partial charge in [-0.05, 0) is 43.0 Å². The first kappa shape index (κ1) is 13.7. The highest BCUT2D eigenvalue weighted by atomic mass is 35.5. The van der Waals surface area contributed by atoms with E-state index < -0.39 is 6.10 Å². The highest BCUT2D eigenvalue weighted by Crippen LogP contribution is 2.40. The van der Waals surface area contributed by atoms with E-state index in [2.05, 4.69) is 0 Å². The van der Waals surface area contributed by atoms with E-state index in [0.717, 1.165) is 30.6 Å². The van der Waals surface area contributed by atoms with Crippen LogP contribution in [0.25, 0.3) is 0 Å². The van der Waals surface area contributed by atoms with E-state index in [0.29, 0.717) is 11.4 Å². The van der Waals surface area contributed by atoms with Crippen LogP contribution in [0.3, 0.4) is 0 Å². The van der Waals surface area contributed by atoms with Gasteiger partial charge in [-0.15, -0.1) is 0 Å². The zero-order chi connectivity index (χ0) is 13.2. The van der Waals surface area contributed by atoms with Crippen LogP contribution in [0, 0.1) is 0 Å². The number of halogens is 1. The Kier molecular flexibility index (Phi) is 4.15. The van der Waals surface area contributed by atoms with Gasteiger partial charge in [0.05, 0.1) is 18.8 Å². The first-order valence-corrected chi connectivity index (χ1v) is 6.55. The monoisotopic (exact) mass is 270 g/mol. The topological polar surface area (TPSA) is 38.7 Å². The summed E-state index contributed by atoms with van der Waals surface area (Å²) in [5.74, 6) is 0.754. The van der Waals surface area contributed by atoms with Crippen molar-refractivity contribution in [2.24, 2.45) is 0 Å². The molecule has 0 aliphatic heterocycles. The van der Waals surface area contributed by atoms with Crippen LogP contribution in [0.2, 0.25) is 5.02 Å². The quantitative estimate of drug-likeness (QED) is 0.894. The molecule has 1 aromatic carbocycles. The Hall–Kier alpha value is -0.770. The predicted octanol–water partition coefficient (Wildman–Crippen LogP) is 2.82. The Labute approximate surface area is 113 Å². The minimum Gasteiger partial charge on any atom is -0.496 e. The number of benzene rings is 1. The molecule has 1 aliphatic rings. The molecular weight excluding hydrogens is 252 g/mol. The molecule has 1 N–H and O–H groups in total. The summed E-state index contributed by atoms with van der Waals surface area (Å²) in [5, 5.41) is 11.0. The molecule has 100 valence electrons. The molecule has 0 heterocycles. The number of aliphatic hydroxyl groups excluding tert-OH is 1. The third-order valence-corrected chi connectivity index (χ3v) is 4.10. The summed E-state index contributed by atoms with van der Waals surface area (Å²) in [6, 6.07) is 5.45. The Bertz CT molecular complexity index is 410. The molecule has 0 saturated heterocycles. The molecule has 18 heavy (non-hydrogen) atoms. The minimum atomic E-state index is -0.524. The molecule has 4 heteroatoms. The molecule has 0 amide bonds. The fraction of sp³-hybridized carbons (Fsp3) is 0.571. The van der Waals surface area contributed by atoms with Crippen LogP contribution >= 0.6 is 11.6 Å². The second-order valence-electron chi connectivity index (χ2n) is 4.80. The van der Waals surface area contributed by atoms with Crippen LogP contribution in [0.1, 0.15) is 24.8 Å². The second kappa shape index (κ2) is 5.47. The highest BCUT2D eigenvalue weighted by Gasteiger charge is 2.43. The molecule has 1 aromatic rings. The van der Waals surface area contributed by atoms with Gasteiger partial charge in [0.1, 0.15) is 5.75 Å². The Balaban J connectivity index is 2.15. The van der Waals surface area contributed by atoms with Crippen molar-refractivity contribution in [2.75, 3.05) is 14.2 Å². The molecule has 1 aliphatic carbocycles. The normalized spacial score (nSPS) is 19.1. The number of ether oxygens (including phenoxy) is 2. The van der Waals surface area contributed by atoms with Gasteiger partial charge in [0.15, 0.2) is 0 Å². The van der Waals surface area contributed by atoms with Crippen molar-refractivity contribution in [1.82, 2.24) is 0 Å². The van der Waals surface area contributed by atoms with Gasteiger partial charge in [0.2, 0.25) is 0 Å². The summed E-state index contributed by atoms with van der Waals surface area (Å²) in [4.78, 5) is 0. The summed E-state index contributed by atoms with van der Waals surface area (Å²) in [6.07, 6.45) is 2.90. The first-order chi connectivity index (χ1) is 8.61. The molecular formula is C14H19ClO3. The van der Waals surface area contributed by atoms with E-state index in [1.807, 2.05) is 12.1 Å². The van der Waals surface area contributed by atoms with E-state index >= 15 is 0 Å². The van der Waals surface area contributed by atoms with Gasteiger partial charge in [-0.25, -0.2) is 0 Å². The fourth-order valence-electron chi connectivity index (χ4n) is 2.50. The number of rotatable bonds is 5. The molecule has 3 nitrogen and oxygen atoms in total. The van der Waals surface area contributed by atoms with Gasteiger partial charge in [0, 0.05) is 18.6 Å². The van der Waals surface area contributed by atoms with E-state index in [-0.39, 0.29) is 5.60 Å². The van der Waals surface area contributed by atoms with E-state index in [9.17, 15) is 5.11 Å².